The van der Waals surface area contributed by atoms with E-state index in [1.54, 1.807) is 0 Å². The Hall–Kier alpha value is -1.35. The minimum absolute atomic E-state index is 0.00984. The molecule has 0 saturated carbocycles. The number of hydrogen-bond acceptors (Lipinski definition) is 2. The van der Waals surface area contributed by atoms with Crippen molar-refractivity contribution < 1.29 is 9.53 Å². The van der Waals surface area contributed by atoms with Crippen LogP contribution in [0.3, 0.4) is 0 Å². The number of morpholine rings is 1. The lowest BCUT2D eigenvalue weighted by Crippen LogP contribution is -2.49. The summed E-state index contributed by atoms with van der Waals surface area (Å²) in [6, 6.07) is 8.50. The van der Waals surface area contributed by atoms with Crippen molar-refractivity contribution in [3.05, 3.63) is 35.4 Å². The van der Waals surface area contributed by atoms with Crippen LogP contribution in [0.5, 0.6) is 0 Å². The highest BCUT2D eigenvalue weighted by atomic mass is 16.5. The molecule has 1 fully saturated rings. The van der Waals surface area contributed by atoms with Gasteiger partial charge in [-0.2, -0.15) is 0 Å². The van der Waals surface area contributed by atoms with E-state index in [9.17, 15) is 4.79 Å². The highest BCUT2D eigenvalue weighted by Crippen LogP contribution is 2.34. The Kier molecular flexibility index (Phi) is 1.99. The number of carbonyl (C=O) groups is 1. The van der Waals surface area contributed by atoms with E-state index in [1.165, 1.54) is 11.1 Å². The van der Waals surface area contributed by atoms with E-state index in [-0.39, 0.29) is 24.7 Å². The lowest BCUT2D eigenvalue weighted by atomic mass is 9.85. The summed E-state index contributed by atoms with van der Waals surface area (Å²) in [5.74, 6) is 0.00984. The molecule has 1 heterocycles. The molecular weight excluding hydrogens is 190 g/mol. The Labute approximate surface area is 88.4 Å². The zero-order chi connectivity index (χ0) is 10.3. The average Bonchev–Trinajstić information content (AvgIpc) is 2.28. The number of carbonyl (C=O) groups excluding carboxylic acids is 1. The molecule has 1 aliphatic heterocycles. The number of benzene rings is 1. The van der Waals surface area contributed by atoms with Gasteiger partial charge in [0.25, 0.3) is 0 Å². The first-order valence-electron chi connectivity index (χ1n) is 5.33. The zero-order valence-corrected chi connectivity index (χ0v) is 8.40. The minimum atomic E-state index is 0.00984. The topological polar surface area (TPSA) is 38.3 Å². The second-order valence-electron chi connectivity index (χ2n) is 4.14. The standard InChI is InChI=1S/C12H13NO2/c14-11-7-15-12-9-4-2-1-3-8(9)5-6-10(12)13-11/h1-4,10,12H,5-7H2,(H,13,14)/t10-,12-/m1/s1. The summed E-state index contributed by atoms with van der Waals surface area (Å²) in [4.78, 5) is 11.2. The van der Waals surface area contributed by atoms with Crippen LogP contribution in [0.2, 0.25) is 0 Å². The maximum atomic E-state index is 11.2. The predicted octanol–water partition coefficient (Wildman–Crippen LogP) is 1.19. The maximum absolute atomic E-state index is 11.2. The van der Waals surface area contributed by atoms with Crippen molar-refractivity contribution in [3.8, 4) is 0 Å². The van der Waals surface area contributed by atoms with Gasteiger partial charge < -0.3 is 10.1 Å². The normalized spacial score (nSPS) is 28.9. The average molecular weight is 203 g/mol. The number of fused-ring (bicyclic) bond motifs is 3. The molecule has 0 unspecified atom stereocenters. The zero-order valence-electron chi connectivity index (χ0n) is 8.40. The monoisotopic (exact) mass is 203 g/mol. The van der Waals surface area contributed by atoms with Crippen molar-refractivity contribution in [2.45, 2.75) is 25.0 Å². The minimum Gasteiger partial charge on any atom is -0.362 e. The van der Waals surface area contributed by atoms with Gasteiger partial charge in [0.1, 0.15) is 12.7 Å². The second kappa shape index (κ2) is 3.35. The van der Waals surface area contributed by atoms with Gasteiger partial charge in [0.15, 0.2) is 0 Å². The van der Waals surface area contributed by atoms with Gasteiger partial charge in [-0.3, -0.25) is 4.79 Å². The first-order valence-corrected chi connectivity index (χ1v) is 5.33. The van der Waals surface area contributed by atoms with Crippen LogP contribution in [0.25, 0.3) is 0 Å². The number of hydrogen-bond donors (Lipinski definition) is 1. The Bertz CT molecular complexity index is 402. The molecule has 1 saturated heterocycles. The molecule has 0 bridgehead atoms. The van der Waals surface area contributed by atoms with Crippen LogP contribution in [0.15, 0.2) is 24.3 Å². The van der Waals surface area contributed by atoms with Crippen LogP contribution in [-0.4, -0.2) is 18.6 Å². The lowest BCUT2D eigenvalue weighted by Gasteiger charge is -2.37. The van der Waals surface area contributed by atoms with Crippen molar-refractivity contribution in [1.29, 1.82) is 0 Å². The van der Waals surface area contributed by atoms with E-state index in [1.807, 2.05) is 6.07 Å². The molecule has 3 heteroatoms. The van der Waals surface area contributed by atoms with Crippen LogP contribution in [0.4, 0.5) is 0 Å². The molecule has 1 aliphatic carbocycles. The summed E-state index contributed by atoms with van der Waals surface area (Å²) in [6.45, 7) is 0.190. The third-order valence-corrected chi connectivity index (χ3v) is 3.19. The molecule has 3 nitrogen and oxygen atoms in total. The van der Waals surface area contributed by atoms with E-state index in [0.717, 1.165) is 12.8 Å². The van der Waals surface area contributed by atoms with Crippen LogP contribution < -0.4 is 5.32 Å². The lowest BCUT2D eigenvalue weighted by molar-refractivity contribution is -0.137. The number of nitrogens with one attached hydrogen (secondary N) is 1. The largest absolute Gasteiger partial charge is 0.362 e. The molecule has 2 aliphatic rings. The van der Waals surface area contributed by atoms with E-state index >= 15 is 0 Å². The molecule has 0 aromatic heterocycles. The summed E-state index contributed by atoms with van der Waals surface area (Å²) in [5, 5.41) is 3.00. The Morgan fingerprint density at radius 3 is 3.13 bits per heavy atom. The van der Waals surface area contributed by atoms with E-state index < -0.39 is 0 Å². The van der Waals surface area contributed by atoms with Crippen molar-refractivity contribution >= 4 is 5.91 Å². The molecule has 1 aromatic rings. The Morgan fingerprint density at radius 1 is 1.33 bits per heavy atom. The van der Waals surface area contributed by atoms with Gasteiger partial charge in [0.2, 0.25) is 5.91 Å². The number of amides is 1. The SMILES string of the molecule is O=C1CO[C@@H]2c3ccccc3CC[C@H]2N1. The van der Waals surface area contributed by atoms with Gasteiger partial charge in [0.05, 0.1) is 6.04 Å². The molecule has 0 radical (unpaired) electrons. The summed E-state index contributed by atoms with van der Waals surface area (Å²) >= 11 is 0. The van der Waals surface area contributed by atoms with Crippen molar-refractivity contribution in [3.63, 3.8) is 0 Å². The number of aryl methyl sites for hydroxylation is 1. The molecule has 1 aromatic carbocycles. The fourth-order valence-electron chi connectivity index (χ4n) is 2.49. The number of rotatable bonds is 0. The number of ether oxygens (including phenoxy) is 1. The second-order valence-corrected chi connectivity index (χ2v) is 4.14. The van der Waals surface area contributed by atoms with Crippen LogP contribution in [0, 0.1) is 0 Å². The highest BCUT2D eigenvalue weighted by Gasteiger charge is 2.34. The van der Waals surface area contributed by atoms with Gasteiger partial charge in [0, 0.05) is 0 Å². The summed E-state index contributed by atoms with van der Waals surface area (Å²) in [7, 11) is 0. The summed E-state index contributed by atoms with van der Waals surface area (Å²) in [5.41, 5.74) is 2.60. The van der Waals surface area contributed by atoms with Gasteiger partial charge in [-0.15, -0.1) is 0 Å². The van der Waals surface area contributed by atoms with Gasteiger partial charge in [-0.05, 0) is 24.0 Å². The highest BCUT2D eigenvalue weighted by molar-refractivity contribution is 5.78. The fraction of sp³-hybridized carbons (Fsp3) is 0.417. The van der Waals surface area contributed by atoms with E-state index in [2.05, 4.69) is 23.5 Å². The molecule has 78 valence electrons. The van der Waals surface area contributed by atoms with Crippen LogP contribution >= 0.6 is 0 Å². The van der Waals surface area contributed by atoms with Crippen molar-refractivity contribution in [2.24, 2.45) is 0 Å². The van der Waals surface area contributed by atoms with Gasteiger partial charge in [-0.25, -0.2) is 0 Å². The molecule has 1 N–H and O–H groups in total. The van der Waals surface area contributed by atoms with E-state index in [0.29, 0.717) is 0 Å². The molecule has 3 rings (SSSR count). The Balaban J connectivity index is 1.97. The first kappa shape index (κ1) is 8.92. The third-order valence-electron chi connectivity index (χ3n) is 3.19. The summed E-state index contributed by atoms with van der Waals surface area (Å²) < 4.78 is 5.61. The third kappa shape index (κ3) is 1.43. The van der Waals surface area contributed by atoms with Crippen LogP contribution in [0.1, 0.15) is 23.7 Å². The fourth-order valence-corrected chi connectivity index (χ4v) is 2.49. The first-order chi connectivity index (χ1) is 7.34. The quantitative estimate of drug-likeness (QED) is 0.687. The smallest absolute Gasteiger partial charge is 0.246 e. The van der Waals surface area contributed by atoms with Crippen LogP contribution in [-0.2, 0) is 16.0 Å². The molecule has 1 amide bonds. The maximum Gasteiger partial charge on any atom is 0.246 e. The molecule has 2 atom stereocenters. The molecule has 15 heavy (non-hydrogen) atoms. The van der Waals surface area contributed by atoms with Crippen molar-refractivity contribution in [1.82, 2.24) is 5.32 Å². The van der Waals surface area contributed by atoms with Crippen molar-refractivity contribution in [2.75, 3.05) is 6.61 Å². The van der Waals surface area contributed by atoms with Gasteiger partial charge >= 0.3 is 0 Å². The molecule has 0 spiro atoms. The summed E-state index contributed by atoms with van der Waals surface area (Å²) in [6.07, 6.45) is 2.07. The molecular formula is C12H13NO2. The Morgan fingerprint density at radius 2 is 2.20 bits per heavy atom. The van der Waals surface area contributed by atoms with E-state index in [4.69, 9.17) is 4.74 Å². The van der Waals surface area contributed by atoms with Gasteiger partial charge in [-0.1, -0.05) is 24.3 Å². The predicted molar refractivity (Wildman–Crippen MR) is 55.4 cm³/mol.